The minimum absolute atomic E-state index is 0. The molecule has 0 spiro atoms. The molecule has 0 atom stereocenters. The molecule has 0 rings (SSSR count). The molecule has 0 bridgehead atoms. The van der Waals surface area contributed by atoms with E-state index in [9.17, 15) is 0 Å². The SMILES string of the molecule is C[C-]=NCN=C(C)C.[Rh]. The van der Waals surface area contributed by atoms with Crippen LogP contribution in [0.1, 0.15) is 20.8 Å². The zero-order chi connectivity index (χ0) is 6.41. The summed E-state index contributed by atoms with van der Waals surface area (Å²) in [4.78, 5) is 7.78. The van der Waals surface area contributed by atoms with Crippen LogP contribution in [0.3, 0.4) is 0 Å². The van der Waals surface area contributed by atoms with Crippen LogP contribution in [0.25, 0.3) is 0 Å². The topological polar surface area (TPSA) is 24.7 Å². The quantitative estimate of drug-likeness (QED) is 0.377. The average molecular weight is 214 g/mol. The Bertz CT molecular complexity index is 104. The second-order valence-corrected chi connectivity index (χ2v) is 1.63. The Morgan fingerprint density at radius 3 is 2.33 bits per heavy atom. The second kappa shape index (κ2) is 7.96. The fourth-order valence-corrected chi connectivity index (χ4v) is 0.247. The van der Waals surface area contributed by atoms with Gasteiger partial charge in [-0.15, -0.1) is 0 Å². The van der Waals surface area contributed by atoms with E-state index < -0.39 is 0 Å². The average Bonchev–Trinajstić information content (AvgIpc) is 1.66. The van der Waals surface area contributed by atoms with Crippen LogP contribution in [0.15, 0.2) is 9.98 Å². The van der Waals surface area contributed by atoms with Gasteiger partial charge in [-0.05, 0) is 13.8 Å². The third-order valence-corrected chi connectivity index (χ3v) is 0.616. The molecule has 9 heavy (non-hydrogen) atoms. The maximum absolute atomic E-state index is 4.00. The molecule has 3 heteroatoms. The van der Waals surface area contributed by atoms with Crippen LogP contribution >= 0.6 is 0 Å². The molecule has 0 aromatic heterocycles. The summed E-state index contributed by atoms with van der Waals surface area (Å²) in [5, 5.41) is 0. The van der Waals surface area contributed by atoms with Gasteiger partial charge in [0, 0.05) is 25.2 Å². The molecule has 0 heterocycles. The largest absolute Gasteiger partial charge is 0.485 e. The zero-order valence-electron chi connectivity index (χ0n) is 5.93. The Kier molecular flexibility index (Phi) is 10.4. The first-order valence-corrected chi connectivity index (χ1v) is 2.58. The van der Waals surface area contributed by atoms with E-state index in [1.165, 1.54) is 0 Å². The van der Waals surface area contributed by atoms with Crippen LogP contribution in [0.2, 0.25) is 0 Å². The molecular formula is C6H11N2Rh-. The van der Waals surface area contributed by atoms with Crippen molar-refractivity contribution in [3.8, 4) is 0 Å². The number of rotatable bonds is 2. The molecular weight excluding hydrogens is 203 g/mol. The van der Waals surface area contributed by atoms with E-state index in [0.29, 0.717) is 6.67 Å². The predicted molar refractivity (Wildman–Crippen MR) is 36.8 cm³/mol. The van der Waals surface area contributed by atoms with Gasteiger partial charge in [0.05, 0.1) is 6.67 Å². The fourth-order valence-electron chi connectivity index (χ4n) is 0.247. The Morgan fingerprint density at radius 1 is 1.44 bits per heavy atom. The van der Waals surface area contributed by atoms with E-state index in [2.05, 4.69) is 16.2 Å². The molecule has 0 unspecified atom stereocenters. The van der Waals surface area contributed by atoms with E-state index >= 15 is 0 Å². The van der Waals surface area contributed by atoms with Crippen molar-refractivity contribution >= 4 is 11.9 Å². The van der Waals surface area contributed by atoms with Gasteiger partial charge in [0.15, 0.2) is 0 Å². The molecule has 0 aromatic carbocycles. The predicted octanol–water partition coefficient (Wildman–Crippen LogP) is 1.39. The zero-order valence-corrected chi connectivity index (χ0v) is 7.57. The molecule has 0 aliphatic rings. The van der Waals surface area contributed by atoms with Crippen LogP contribution in [0.4, 0.5) is 0 Å². The summed E-state index contributed by atoms with van der Waals surface area (Å²) in [6.07, 6.45) is 2.64. The minimum atomic E-state index is 0. The Labute approximate surface area is 69.2 Å². The number of hydrogen-bond acceptors (Lipinski definition) is 2. The van der Waals surface area contributed by atoms with E-state index in [4.69, 9.17) is 0 Å². The summed E-state index contributed by atoms with van der Waals surface area (Å²) in [5.41, 5.74) is 1.06. The molecule has 0 aliphatic heterocycles. The van der Waals surface area contributed by atoms with E-state index in [1.807, 2.05) is 13.8 Å². The number of nitrogens with zero attached hydrogens (tertiary/aromatic N) is 2. The molecule has 0 N–H and O–H groups in total. The summed E-state index contributed by atoms with van der Waals surface area (Å²) in [6.45, 7) is 6.19. The van der Waals surface area contributed by atoms with Crippen molar-refractivity contribution in [2.75, 3.05) is 6.67 Å². The fraction of sp³-hybridized carbons (Fsp3) is 0.667. The second-order valence-electron chi connectivity index (χ2n) is 1.63. The molecule has 2 nitrogen and oxygen atoms in total. The van der Waals surface area contributed by atoms with Crippen LogP contribution in [-0.2, 0) is 19.5 Å². The van der Waals surface area contributed by atoms with Crippen LogP contribution in [0.5, 0.6) is 0 Å². The van der Waals surface area contributed by atoms with E-state index in [-0.39, 0.29) is 19.5 Å². The van der Waals surface area contributed by atoms with Gasteiger partial charge < -0.3 is 11.2 Å². The summed E-state index contributed by atoms with van der Waals surface area (Å²) in [6, 6.07) is 0. The van der Waals surface area contributed by atoms with Gasteiger partial charge in [-0.25, -0.2) is 0 Å². The van der Waals surface area contributed by atoms with Gasteiger partial charge in [-0.2, -0.15) is 6.92 Å². The third-order valence-electron chi connectivity index (χ3n) is 0.616. The molecule has 55 valence electrons. The molecule has 1 radical (unpaired) electrons. The minimum Gasteiger partial charge on any atom is -0.485 e. The first-order valence-electron chi connectivity index (χ1n) is 2.58. The van der Waals surface area contributed by atoms with Gasteiger partial charge in [0.1, 0.15) is 0 Å². The Morgan fingerprint density at radius 2 is 2.00 bits per heavy atom. The number of aliphatic imine (C=N–C) groups is 2. The first-order chi connectivity index (χ1) is 3.77. The number of hydrogen-bond donors (Lipinski definition) is 0. The van der Waals surface area contributed by atoms with Gasteiger partial charge in [0.2, 0.25) is 0 Å². The van der Waals surface area contributed by atoms with Crippen LogP contribution in [0, 0.1) is 0 Å². The van der Waals surface area contributed by atoms with Crippen molar-refractivity contribution < 1.29 is 19.5 Å². The normalized spacial score (nSPS) is 8.78. The van der Waals surface area contributed by atoms with Crippen molar-refractivity contribution in [2.24, 2.45) is 9.98 Å². The van der Waals surface area contributed by atoms with Crippen LogP contribution in [-0.4, -0.2) is 18.6 Å². The van der Waals surface area contributed by atoms with Crippen molar-refractivity contribution in [3.05, 3.63) is 0 Å². The molecule has 0 aromatic rings. The van der Waals surface area contributed by atoms with Gasteiger partial charge in [-0.3, -0.25) is 4.99 Å². The molecule has 0 fully saturated rings. The van der Waals surface area contributed by atoms with Crippen molar-refractivity contribution in [1.29, 1.82) is 0 Å². The smallest absolute Gasteiger partial charge is 0.0939 e. The van der Waals surface area contributed by atoms with Crippen molar-refractivity contribution in [3.63, 3.8) is 0 Å². The Balaban J connectivity index is 0. The van der Waals surface area contributed by atoms with Gasteiger partial charge in [0.25, 0.3) is 0 Å². The standard InChI is InChI=1S/C6H11N2.Rh/c1-4-7-5-8-6(2)3;/h5H2,1-3H3;/q-1;. The monoisotopic (exact) mass is 214 g/mol. The van der Waals surface area contributed by atoms with Gasteiger partial charge >= 0.3 is 0 Å². The van der Waals surface area contributed by atoms with Gasteiger partial charge in [-0.1, -0.05) is 0 Å². The molecule has 0 saturated heterocycles. The van der Waals surface area contributed by atoms with Crippen molar-refractivity contribution in [1.82, 2.24) is 0 Å². The summed E-state index contributed by atoms with van der Waals surface area (Å²) in [7, 11) is 0. The van der Waals surface area contributed by atoms with E-state index in [1.54, 1.807) is 6.92 Å². The molecule has 0 amide bonds. The van der Waals surface area contributed by atoms with Crippen molar-refractivity contribution in [2.45, 2.75) is 20.8 Å². The third kappa shape index (κ3) is 11.5. The summed E-state index contributed by atoms with van der Waals surface area (Å²) >= 11 is 0. The van der Waals surface area contributed by atoms with Crippen LogP contribution < -0.4 is 0 Å². The molecule has 0 aliphatic carbocycles. The van der Waals surface area contributed by atoms with E-state index in [0.717, 1.165) is 5.71 Å². The summed E-state index contributed by atoms with van der Waals surface area (Å²) < 4.78 is 0. The maximum atomic E-state index is 4.00. The first kappa shape index (κ1) is 11.7. The maximum Gasteiger partial charge on any atom is 0.0939 e. The summed E-state index contributed by atoms with van der Waals surface area (Å²) in [5.74, 6) is 0. The molecule has 0 saturated carbocycles. The Hall–Kier alpha value is -0.0366.